The molecule has 2 N–H and O–H groups in total. The average Bonchev–Trinajstić information content (AvgIpc) is 2.82. The molecule has 1 unspecified atom stereocenters. The molecule has 2 aromatic rings. The Morgan fingerprint density at radius 3 is 2.85 bits per heavy atom. The Bertz CT molecular complexity index is 672. The van der Waals surface area contributed by atoms with Gasteiger partial charge in [0.2, 0.25) is 0 Å². The van der Waals surface area contributed by atoms with Gasteiger partial charge in [-0.05, 0) is 18.2 Å². The fourth-order valence-electron chi connectivity index (χ4n) is 2.33. The van der Waals surface area contributed by atoms with E-state index in [4.69, 9.17) is 16.3 Å². The first-order valence-electron chi connectivity index (χ1n) is 6.17. The van der Waals surface area contributed by atoms with Gasteiger partial charge >= 0.3 is 5.97 Å². The summed E-state index contributed by atoms with van der Waals surface area (Å²) >= 11 is 5.96. The monoisotopic (exact) mass is 289 g/mol. The van der Waals surface area contributed by atoms with Crippen molar-refractivity contribution in [3.63, 3.8) is 0 Å². The lowest BCUT2D eigenvalue weighted by Crippen LogP contribution is -2.14. The maximum atomic E-state index is 11.3. The molecule has 1 atom stereocenters. The second-order valence-corrected chi connectivity index (χ2v) is 4.92. The van der Waals surface area contributed by atoms with Crippen LogP contribution < -0.4 is 10.1 Å². The number of carbonyl (C=O) groups is 1. The molecule has 3 rings (SSSR count). The molecular weight excluding hydrogens is 278 g/mol. The van der Waals surface area contributed by atoms with E-state index in [2.05, 4.69) is 5.32 Å². The van der Waals surface area contributed by atoms with Gasteiger partial charge < -0.3 is 15.2 Å². The molecule has 0 bridgehead atoms. The van der Waals surface area contributed by atoms with E-state index in [0.717, 1.165) is 11.3 Å². The molecule has 20 heavy (non-hydrogen) atoms. The van der Waals surface area contributed by atoms with E-state index in [9.17, 15) is 9.90 Å². The van der Waals surface area contributed by atoms with Crippen LogP contribution in [0.5, 0.6) is 5.75 Å². The van der Waals surface area contributed by atoms with Gasteiger partial charge in [0, 0.05) is 5.56 Å². The van der Waals surface area contributed by atoms with Crippen LogP contribution in [-0.2, 0) is 0 Å². The summed E-state index contributed by atoms with van der Waals surface area (Å²) in [7, 11) is 0. The van der Waals surface area contributed by atoms with Crippen molar-refractivity contribution in [2.45, 2.75) is 6.04 Å². The number of rotatable bonds is 3. The van der Waals surface area contributed by atoms with Crippen molar-refractivity contribution in [2.75, 3.05) is 11.9 Å². The number of nitrogens with one attached hydrogen (secondary N) is 1. The van der Waals surface area contributed by atoms with Crippen LogP contribution in [0, 0.1) is 0 Å². The average molecular weight is 290 g/mol. The van der Waals surface area contributed by atoms with Crippen LogP contribution in [0.2, 0.25) is 5.02 Å². The highest BCUT2D eigenvalue weighted by atomic mass is 35.5. The number of aromatic carboxylic acids is 1. The van der Waals surface area contributed by atoms with Gasteiger partial charge in [0.15, 0.2) is 0 Å². The Balaban J connectivity index is 1.94. The first kappa shape index (κ1) is 12.8. The molecule has 0 aromatic heterocycles. The van der Waals surface area contributed by atoms with Crippen molar-refractivity contribution in [3.05, 3.63) is 58.6 Å². The Labute approximate surface area is 120 Å². The molecule has 0 amide bonds. The van der Waals surface area contributed by atoms with E-state index in [1.165, 1.54) is 0 Å². The van der Waals surface area contributed by atoms with Crippen LogP contribution in [0.4, 0.5) is 5.69 Å². The van der Waals surface area contributed by atoms with Gasteiger partial charge in [-0.15, -0.1) is 0 Å². The lowest BCUT2D eigenvalue weighted by Gasteiger charge is -2.15. The third kappa shape index (κ3) is 2.18. The molecule has 1 heterocycles. The van der Waals surface area contributed by atoms with Crippen LogP contribution in [0.15, 0.2) is 42.5 Å². The lowest BCUT2D eigenvalue weighted by molar-refractivity contribution is 0.0698. The third-order valence-electron chi connectivity index (χ3n) is 3.26. The molecule has 102 valence electrons. The van der Waals surface area contributed by atoms with Gasteiger partial charge in [-0.1, -0.05) is 35.9 Å². The second-order valence-electron chi connectivity index (χ2n) is 4.51. The van der Waals surface area contributed by atoms with E-state index >= 15 is 0 Å². The van der Waals surface area contributed by atoms with Gasteiger partial charge in [-0.2, -0.15) is 0 Å². The number of benzene rings is 2. The summed E-state index contributed by atoms with van der Waals surface area (Å²) in [6, 6.07) is 12.6. The van der Waals surface area contributed by atoms with E-state index in [1.54, 1.807) is 18.2 Å². The van der Waals surface area contributed by atoms with Gasteiger partial charge in [-0.25, -0.2) is 4.79 Å². The number of para-hydroxylation sites is 1. The molecule has 0 radical (unpaired) electrons. The Hall–Kier alpha value is -2.20. The molecule has 0 fully saturated rings. The summed E-state index contributed by atoms with van der Waals surface area (Å²) in [6.07, 6.45) is 0. The van der Waals surface area contributed by atoms with Crippen molar-refractivity contribution in [2.24, 2.45) is 0 Å². The van der Waals surface area contributed by atoms with E-state index in [0.29, 0.717) is 12.3 Å². The number of carboxylic acids is 1. The molecule has 0 saturated heterocycles. The van der Waals surface area contributed by atoms with Crippen LogP contribution >= 0.6 is 11.6 Å². The lowest BCUT2D eigenvalue weighted by atomic mass is 10.1. The summed E-state index contributed by atoms with van der Waals surface area (Å²) in [6.45, 7) is 0.463. The minimum atomic E-state index is -1.05. The zero-order chi connectivity index (χ0) is 14.1. The standard InChI is InChI=1S/C15H12ClNO3/c16-10-5-3-6-11(14(10)15(18)19)17-12-8-20-13-7-2-1-4-9(12)13/h1-7,12,17H,8H2,(H,18,19). The number of hydrogen-bond acceptors (Lipinski definition) is 3. The first-order chi connectivity index (χ1) is 9.66. The highest BCUT2D eigenvalue weighted by Gasteiger charge is 2.25. The normalized spacial score (nSPS) is 16.4. The van der Waals surface area contributed by atoms with Crippen LogP contribution in [0.3, 0.4) is 0 Å². The van der Waals surface area contributed by atoms with Crippen LogP contribution in [0.25, 0.3) is 0 Å². The van der Waals surface area contributed by atoms with Gasteiger partial charge in [-0.3, -0.25) is 0 Å². The van der Waals surface area contributed by atoms with Gasteiger partial charge in [0.25, 0.3) is 0 Å². The first-order valence-corrected chi connectivity index (χ1v) is 6.54. The molecular formula is C15H12ClNO3. The van der Waals surface area contributed by atoms with Crippen molar-refractivity contribution in [1.29, 1.82) is 0 Å². The van der Waals surface area contributed by atoms with E-state index < -0.39 is 5.97 Å². The number of anilines is 1. The van der Waals surface area contributed by atoms with E-state index in [-0.39, 0.29) is 16.6 Å². The second kappa shape index (κ2) is 5.06. The largest absolute Gasteiger partial charge is 0.491 e. The predicted molar refractivity (Wildman–Crippen MR) is 76.7 cm³/mol. The summed E-state index contributed by atoms with van der Waals surface area (Å²) in [5, 5.41) is 12.7. The zero-order valence-corrected chi connectivity index (χ0v) is 11.2. The van der Waals surface area contributed by atoms with Gasteiger partial charge in [0.05, 0.1) is 16.8 Å². The topological polar surface area (TPSA) is 58.6 Å². The molecule has 4 nitrogen and oxygen atoms in total. The van der Waals surface area contributed by atoms with E-state index in [1.807, 2.05) is 24.3 Å². The predicted octanol–water partition coefficient (Wildman–Crippen LogP) is 3.58. The molecule has 0 spiro atoms. The maximum absolute atomic E-state index is 11.3. The van der Waals surface area contributed by atoms with Crippen molar-refractivity contribution in [1.82, 2.24) is 0 Å². The van der Waals surface area contributed by atoms with Crippen molar-refractivity contribution in [3.8, 4) is 5.75 Å². The zero-order valence-electron chi connectivity index (χ0n) is 10.5. The summed E-state index contributed by atoms with van der Waals surface area (Å²) in [5.41, 5.74) is 1.60. The molecule has 0 aliphatic carbocycles. The van der Waals surface area contributed by atoms with Crippen LogP contribution in [-0.4, -0.2) is 17.7 Å². The number of ether oxygens (including phenoxy) is 1. The summed E-state index contributed by atoms with van der Waals surface area (Å²) in [4.78, 5) is 11.3. The molecule has 1 aliphatic rings. The third-order valence-corrected chi connectivity index (χ3v) is 3.57. The van der Waals surface area contributed by atoms with Gasteiger partial charge in [0.1, 0.15) is 17.9 Å². The minimum Gasteiger partial charge on any atom is -0.491 e. The number of hydrogen-bond donors (Lipinski definition) is 2. The number of halogens is 1. The fourth-order valence-corrected chi connectivity index (χ4v) is 2.59. The molecule has 5 heteroatoms. The SMILES string of the molecule is O=C(O)c1c(Cl)cccc1NC1COc2ccccc21. The highest BCUT2D eigenvalue weighted by Crippen LogP contribution is 2.35. The Morgan fingerprint density at radius 1 is 1.25 bits per heavy atom. The van der Waals surface area contributed by atoms with Crippen molar-refractivity contribution >= 4 is 23.3 Å². The number of fused-ring (bicyclic) bond motifs is 1. The smallest absolute Gasteiger partial charge is 0.339 e. The summed E-state index contributed by atoms with van der Waals surface area (Å²) < 4.78 is 5.57. The Kier molecular flexibility index (Phi) is 3.24. The minimum absolute atomic E-state index is 0.0808. The fraction of sp³-hybridized carbons (Fsp3) is 0.133. The molecule has 0 saturated carbocycles. The highest BCUT2D eigenvalue weighted by molar-refractivity contribution is 6.34. The van der Waals surface area contributed by atoms with Crippen molar-refractivity contribution < 1.29 is 14.6 Å². The quantitative estimate of drug-likeness (QED) is 0.907. The Morgan fingerprint density at radius 2 is 2.05 bits per heavy atom. The maximum Gasteiger partial charge on any atom is 0.339 e. The molecule has 1 aliphatic heterocycles. The number of carboxylic acid groups (broad SMARTS) is 1. The van der Waals surface area contributed by atoms with Crippen LogP contribution in [0.1, 0.15) is 22.0 Å². The molecule has 2 aromatic carbocycles. The summed E-state index contributed by atoms with van der Waals surface area (Å²) in [5.74, 6) is -0.228.